The molecule has 3 heterocycles. The van der Waals surface area contributed by atoms with Gasteiger partial charge in [0, 0.05) is 10.6 Å². The number of rotatable bonds is 5. The van der Waals surface area contributed by atoms with Gasteiger partial charge in [-0.1, -0.05) is 48.0 Å². The number of nitrogens with zero attached hydrogens (tertiary/aromatic N) is 5. The van der Waals surface area contributed by atoms with Crippen molar-refractivity contribution in [2.75, 3.05) is 11.1 Å². The van der Waals surface area contributed by atoms with Gasteiger partial charge in [0.2, 0.25) is 11.9 Å². The molecule has 0 aliphatic rings. The Bertz CT molecular complexity index is 1510. The number of aromatic nitrogens is 5. The van der Waals surface area contributed by atoms with Crippen LogP contribution in [0.3, 0.4) is 0 Å². The predicted octanol–water partition coefficient (Wildman–Crippen LogP) is 4.30. The summed E-state index contributed by atoms with van der Waals surface area (Å²) in [5, 5.41) is 3.74. The molecule has 0 unspecified atom stereocenters. The maximum absolute atomic E-state index is 13.3. The molecule has 9 heteroatoms. The second-order valence-electron chi connectivity index (χ2n) is 7.70. The van der Waals surface area contributed by atoms with Crippen LogP contribution in [0.15, 0.2) is 65.7 Å². The number of nitrogen functional groups attached to an aromatic ring is 1. The number of nitrogens with two attached hydrogens (primary N) is 1. The molecule has 164 valence electrons. The van der Waals surface area contributed by atoms with Crippen LogP contribution in [0.5, 0.6) is 0 Å². The zero-order valence-electron chi connectivity index (χ0n) is 18.1. The van der Waals surface area contributed by atoms with Gasteiger partial charge in [0.25, 0.3) is 5.56 Å². The van der Waals surface area contributed by atoms with Crippen LogP contribution in [0, 0.1) is 13.8 Å². The largest absolute Gasteiger partial charge is 0.368 e. The smallest absolute Gasteiger partial charge is 0.262 e. The summed E-state index contributed by atoms with van der Waals surface area (Å²) < 4.78 is 1.50. The first-order valence-corrected chi connectivity index (χ1v) is 11.2. The number of aryl methyl sites for hydroxylation is 2. The first-order valence-electron chi connectivity index (χ1n) is 10.4. The van der Waals surface area contributed by atoms with E-state index >= 15 is 0 Å². The van der Waals surface area contributed by atoms with Crippen molar-refractivity contribution in [1.82, 2.24) is 24.5 Å². The monoisotopic (exact) mass is 455 g/mol. The van der Waals surface area contributed by atoms with E-state index in [0.717, 1.165) is 27.3 Å². The Labute approximate surface area is 193 Å². The van der Waals surface area contributed by atoms with Gasteiger partial charge in [0.05, 0.1) is 18.3 Å². The summed E-state index contributed by atoms with van der Waals surface area (Å²) >= 11 is 1.52. The molecule has 0 saturated carbocycles. The van der Waals surface area contributed by atoms with Crippen LogP contribution < -0.4 is 16.6 Å². The third-order valence-corrected chi connectivity index (χ3v) is 6.52. The number of benzene rings is 2. The van der Waals surface area contributed by atoms with Gasteiger partial charge in [0.1, 0.15) is 4.83 Å². The van der Waals surface area contributed by atoms with Crippen LogP contribution >= 0.6 is 11.3 Å². The highest BCUT2D eigenvalue weighted by atomic mass is 32.1. The molecule has 5 aromatic rings. The van der Waals surface area contributed by atoms with E-state index in [0.29, 0.717) is 22.0 Å². The summed E-state index contributed by atoms with van der Waals surface area (Å²) in [5.41, 5.74) is 9.75. The van der Waals surface area contributed by atoms with Gasteiger partial charge in [-0.05, 0) is 37.1 Å². The maximum atomic E-state index is 13.3. The molecule has 5 rings (SSSR count). The van der Waals surface area contributed by atoms with Gasteiger partial charge in [-0.15, -0.1) is 11.3 Å². The number of thiophene rings is 1. The molecule has 0 fully saturated rings. The summed E-state index contributed by atoms with van der Waals surface area (Å²) in [7, 11) is 0. The number of fused-ring (bicyclic) bond motifs is 1. The van der Waals surface area contributed by atoms with Crippen LogP contribution in [0.4, 0.5) is 17.6 Å². The zero-order valence-corrected chi connectivity index (χ0v) is 18.9. The Balaban J connectivity index is 1.48. The second-order valence-corrected chi connectivity index (χ2v) is 8.70. The Kier molecular flexibility index (Phi) is 5.31. The maximum Gasteiger partial charge on any atom is 0.262 e. The molecule has 0 spiro atoms. The van der Waals surface area contributed by atoms with Gasteiger partial charge in [0.15, 0.2) is 5.82 Å². The van der Waals surface area contributed by atoms with E-state index in [-0.39, 0.29) is 18.1 Å². The van der Waals surface area contributed by atoms with Crippen LogP contribution in [-0.4, -0.2) is 24.5 Å². The minimum Gasteiger partial charge on any atom is -0.368 e. The summed E-state index contributed by atoms with van der Waals surface area (Å²) in [6, 6.07) is 17.8. The Morgan fingerprint density at radius 2 is 1.76 bits per heavy atom. The number of hydrogen-bond donors (Lipinski definition) is 2. The van der Waals surface area contributed by atoms with Crippen LogP contribution in [0.2, 0.25) is 0 Å². The van der Waals surface area contributed by atoms with Crippen molar-refractivity contribution in [3.63, 3.8) is 0 Å². The molecule has 0 amide bonds. The lowest BCUT2D eigenvalue weighted by Gasteiger charge is -2.09. The summed E-state index contributed by atoms with van der Waals surface area (Å²) in [5.74, 6) is 0.771. The van der Waals surface area contributed by atoms with Crippen molar-refractivity contribution in [1.29, 1.82) is 0 Å². The predicted molar refractivity (Wildman–Crippen MR) is 132 cm³/mol. The molecule has 0 aliphatic heterocycles. The van der Waals surface area contributed by atoms with Crippen LogP contribution in [-0.2, 0) is 6.54 Å². The van der Waals surface area contributed by atoms with Gasteiger partial charge in [-0.2, -0.15) is 15.0 Å². The molecule has 33 heavy (non-hydrogen) atoms. The highest BCUT2D eigenvalue weighted by molar-refractivity contribution is 7.22. The molecule has 8 nitrogen and oxygen atoms in total. The molecule has 3 aromatic heterocycles. The standard InChI is InChI=1S/C24H21N7OS/c1-14-8-10-17(11-9-14)27-24-29-18(28-23(25)30-24)12-31-13-26-21-19(22(31)32)15(2)20(33-21)16-6-4-3-5-7-16/h3-11,13H,12H2,1-2H3,(H3,25,27,28,29,30). The topological polar surface area (TPSA) is 112 Å². The summed E-state index contributed by atoms with van der Waals surface area (Å²) in [4.78, 5) is 32.4. The van der Waals surface area contributed by atoms with E-state index in [4.69, 9.17) is 5.73 Å². The van der Waals surface area contributed by atoms with Crippen molar-refractivity contribution in [3.8, 4) is 10.4 Å². The second kappa shape index (κ2) is 8.44. The number of nitrogens with one attached hydrogen (secondary N) is 1. The Morgan fingerprint density at radius 3 is 2.52 bits per heavy atom. The van der Waals surface area contributed by atoms with E-state index < -0.39 is 0 Å². The number of hydrogen-bond acceptors (Lipinski definition) is 8. The normalized spacial score (nSPS) is 11.1. The summed E-state index contributed by atoms with van der Waals surface area (Å²) in [6.45, 7) is 4.11. The molecular weight excluding hydrogens is 434 g/mol. The fraction of sp³-hybridized carbons (Fsp3) is 0.125. The lowest BCUT2D eigenvalue weighted by Crippen LogP contribution is -2.22. The number of anilines is 3. The van der Waals surface area contributed by atoms with Gasteiger partial charge < -0.3 is 11.1 Å². The molecule has 3 N–H and O–H groups in total. The van der Waals surface area contributed by atoms with Gasteiger partial charge >= 0.3 is 0 Å². The van der Waals surface area contributed by atoms with Gasteiger partial charge in [-0.25, -0.2) is 4.98 Å². The Hall–Kier alpha value is -4.11. The first-order chi connectivity index (χ1) is 16.0. The third-order valence-electron chi connectivity index (χ3n) is 5.27. The van der Waals surface area contributed by atoms with E-state index in [1.54, 1.807) is 0 Å². The molecule has 0 bridgehead atoms. The minimum absolute atomic E-state index is 0.0785. The van der Waals surface area contributed by atoms with Crippen molar-refractivity contribution in [3.05, 3.63) is 88.2 Å². The molecule has 0 radical (unpaired) electrons. The molecular formula is C24H21N7OS. The van der Waals surface area contributed by atoms with Crippen molar-refractivity contribution >= 4 is 39.1 Å². The average Bonchev–Trinajstić information content (AvgIpc) is 3.14. The lowest BCUT2D eigenvalue weighted by atomic mass is 10.1. The van der Waals surface area contributed by atoms with E-state index in [1.807, 2.05) is 68.4 Å². The average molecular weight is 456 g/mol. The highest BCUT2D eigenvalue weighted by Crippen LogP contribution is 2.35. The van der Waals surface area contributed by atoms with Crippen molar-refractivity contribution in [2.45, 2.75) is 20.4 Å². The van der Waals surface area contributed by atoms with Crippen LogP contribution in [0.25, 0.3) is 20.7 Å². The fourth-order valence-corrected chi connectivity index (χ4v) is 4.76. The fourth-order valence-electron chi connectivity index (χ4n) is 3.62. The molecule has 0 aliphatic carbocycles. The zero-order chi connectivity index (χ0) is 22.9. The SMILES string of the molecule is Cc1ccc(Nc2nc(N)nc(Cn3cnc4sc(-c5ccccc5)c(C)c4c3=O)n2)cc1. The first kappa shape index (κ1) is 20.8. The van der Waals surface area contributed by atoms with E-state index in [1.165, 1.54) is 22.2 Å². The molecule has 0 atom stereocenters. The minimum atomic E-state index is -0.136. The Morgan fingerprint density at radius 1 is 1.00 bits per heavy atom. The van der Waals surface area contributed by atoms with Crippen molar-refractivity contribution in [2.24, 2.45) is 0 Å². The lowest BCUT2D eigenvalue weighted by molar-refractivity contribution is 0.704. The molecule has 2 aromatic carbocycles. The third kappa shape index (κ3) is 4.18. The van der Waals surface area contributed by atoms with Crippen LogP contribution in [0.1, 0.15) is 17.0 Å². The van der Waals surface area contributed by atoms with Crippen molar-refractivity contribution < 1.29 is 0 Å². The molecule has 0 saturated heterocycles. The van der Waals surface area contributed by atoms with Gasteiger partial charge in [-0.3, -0.25) is 9.36 Å². The quantitative estimate of drug-likeness (QED) is 0.406. The van der Waals surface area contributed by atoms with E-state index in [2.05, 4.69) is 25.3 Å². The summed E-state index contributed by atoms with van der Waals surface area (Å²) in [6.07, 6.45) is 1.53. The highest BCUT2D eigenvalue weighted by Gasteiger charge is 2.16. The van der Waals surface area contributed by atoms with E-state index in [9.17, 15) is 4.79 Å².